The number of H-pyrrole nitrogens is 1. The lowest BCUT2D eigenvalue weighted by molar-refractivity contribution is 1.15. The molecule has 0 unspecified atom stereocenters. The first kappa shape index (κ1) is 13.0. The molecule has 3 aromatic rings. The van der Waals surface area contributed by atoms with E-state index in [0.717, 1.165) is 27.2 Å². The summed E-state index contributed by atoms with van der Waals surface area (Å²) in [6.07, 6.45) is 4.52. The molecule has 0 saturated carbocycles. The van der Waals surface area contributed by atoms with E-state index in [9.17, 15) is 0 Å². The van der Waals surface area contributed by atoms with Gasteiger partial charge in [-0.15, -0.1) is 11.3 Å². The Morgan fingerprint density at radius 2 is 2.40 bits per heavy atom. The third kappa shape index (κ3) is 2.38. The summed E-state index contributed by atoms with van der Waals surface area (Å²) < 4.78 is 4.45. The molecule has 6 heteroatoms. The van der Waals surface area contributed by atoms with Crippen LogP contribution in [-0.4, -0.2) is 9.97 Å². The first-order valence-electron chi connectivity index (χ1n) is 6.17. The minimum atomic E-state index is 0.682. The van der Waals surface area contributed by atoms with Crippen LogP contribution < -0.4 is 4.72 Å². The summed E-state index contributed by atoms with van der Waals surface area (Å²) in [6, 6.07) is 6.42. The highest BCUT2D eigenvalue weighted by molar-refractivity contribution is 8.02. The van der Waals surface area contributed by atoms with Crippen LogP contribution in [0, 0.1) is 11.3 Å². The van der Waals surface area contributed by atoms with E-state index in [-0.39, 0.29) is 0 Å². The van der Waals surface area contributed by atoms with E-state index >= 15 is 0 Å². The molecule has 2 heterocycles. The molecule has 0 amide bonds. The zero-order valence-corrected chi connectivity index (χ0v) is 12.4. The molecule has 0 fully saturated rings. The SMILES string of the molecule is CCc1cc(NSc2cncs2)c2[nH]cc(C#N)c2c1. The molecular formula is C14H12N4S2. The van der Waals surface area contributed by atoms with Crippen molar-refractivity contribution in [3.8, 4) is 6.07 Å². The molecule has 0 aliphatic heterocycles. The van der Waals surface area contributed by atoms with E-state index < -0.39 is 0 Å². The van der Waals surface area contributed by atoms with Crippen molar-refractivity contribution in [1.29, 1.82) is 5.26 Å². The molecule has 0 saturated heterocycles. The largest absolute Gasteiger partial charge is 0.358 e. The van der Waals surface area contributed by atoms with Gasteiger partial charge in [0, 0.05) is 11.6 Å². The Morgan fingerprint density at radius 1 is 1.50 bits per heavy atom. The number of nitriles is 1. The highest BCUT2D eigenvalue weighted by atomic mass is 32.2. The van der Waals surface area contributed by atoms with E-state index in [1.165, 1.54) is 17.5 Å². The molecule has 20 heavy (non-hydrogen) atoms. The summed E-state index contributed by atoms with van der Waals surface area (Å²) >= 11 is 3.13. The smallest absolute Gasteiger partial charge is 0.101 e. The van der Waals surface area contributed by atoms with Crippen molar-refractivity contribution in [2.45, 2.75) is 17.6 Å². The van der Waals surface area contributed by atoms with E-state index in [1.54, 1.807) is 17.5 Å². The zero-order valence-electron chi connectivity index (χ0n) is 10.8. The minimum absolute atomic E-state index is 0.682. The molecule has 0 radical (unpaired) electrons. The van der Waals surface area contributed by atoms with Crippen LogP contribution in [0.1, 0.15) is 18.1 Å². The summed E-state index contributed by atoms with van der Waals surface area (Å²) in [5.41, 5.74) is 5.67. The van der Waals surface area contributed by atoms with Gasteiger partial charge in [0.1, 0.15) is 10.3 Å². The van der Waals surface area contributed by atoms with Crippen molar-refractivity contribution < 1.29 is 0 Å². The molecule has 0 spiro atoms. The molecular weight excluding hydrogens is 288 g/mol. The summed E-state index contributed by atoms with van der Waals surface area (Å²) in [5, 5.41) is 10.1. The molecule has 3 rings (SSSR count). The van der Waals surface area contributed by atoms with Crippen molar-refractivity contribution >= 4 is 39.9 Å². The lowest BCUT2D eigenvalue weighted by Gasteiger charge is -2.08. The zero-order chi connectivity index (χ0) is 13.9. The van der Waals surface area contributed by atoms with Gasteiger partial charge in [0.05, 0.1) is 28.5 Å². The summed E-state index contributed by atoms with van der Waals surface area (Å²) in [7, 11) is 0. The maximum Gasteiger partial charge on any atom is 0.101 e. The third-order valence-electron chi connectivity index (χ3n) is 3.05. The number of nitrogens with zero attached hydrogens (tertiary/aromatic N) is 2. The van der Waals surface area contributed by atoms with Crippen LogP contribution in [0.3, 0.4) is 0 Å². The Hall–Kier alpha value is -1.97. The van der Waals surface area contributed by atoms with Crippen LogP contribution in [0.4, 0.5) is 5.69 Å². The molecule has 0 aliphatic rings. The van der Waals surface area contributed by atoms with Gasteiger partial charge in [-0.2, -0.15) is 5.26 Å². The number of thiazole rings is 1. The topological polar surface area (TPSA) is 64.5 Å². The van der Waals surface area contributed by atoms with Crippen LogP contribution >= 0.6 is 23.3 Å². The predicted molar refractivity (Wildman–Crippen MR) is 84.0 cm³/mol. The number of aryl methyl sites for hydroxylation is 1. The van der Waals surface area contributed by atoms with Crippen molar-refractivity contribution in [1.82, 2.24) is 9.97 Å². The molecule has 1 aromatic carbocycles. The monoisotopic (exact) mass is 300 g/mol. The quantitative estimate of drug-likeness (QED) is 0.709. The summed E-state index contributed by atoms with van der Waals surface area (Å²) in [6.45, 7) is 2.11. The van der Waals surface area contributed by atoms with Crippen LogP contribution in [-0.2, 0) is 6.42 Å². The van der Waals surface area contributed by atoms with Crippen LogP contribution in [0.15, 0.2) is 34.2 Å². The van der Waals surface area contributed by atoms with Crippen molar-refractivity contribution in [3.63, 3.8) is 0 Å². The molecule has 4 nitrogen and oxygen atoms in total. The van der Waals surface area contributed by atoms with Gasteiger partial charge in [-0.1, -0.05) is 6.92 Å². The second-order valence-electron chi connectivity index (χ2n) is 4.26. The van der Waals surface area contributed by atoms with Gasteiger partial charge in [0.15, 0.2) is 0 Å². The standard InChI is InChI=1S/C14H12N4S2/c1-2-9-3-11-10(5-15)6-17-14(11)12(4-9)18-20-13-7-16-8-19-13/h3-4,6-8,17-18H,2H2,1H3. The first-order valence-corrected chi connectivity index (χ1v) is 7.87. The van der Waals surface area contributed by atoms with Gasteiger partial charge in [0.25, 0.3) is 0 Å². The average molecular weight is 300 g/mol. The second-order valence-corrected chi connectivity index (χ2v) is 6.25. The highest BCUT2D eigenvalue weighted by Crippen LogP contribution is 2.31. The second kappa shape index (κ2) is 5.57. The summed E-state index contributed by atoms with van der Waals surface area (Å²) in [5.74, 6) is 0. The Morgan fingerprint density at radius 3 is 3.10 bits per heavy atom. The van der Waals surface area contributed by atoms with Crippen LogP contribution in [0.2, 0.25) is 0 Å². The van der Waals surface area contributed by atoms with Gasteiger partial charge >= 0.3 is 0 Å². The summed E-state index contributed by atoms with van der Waals surface area (Å²) in [4.78, 5) is 7.23. The Bertz CT molecular complexity index is 768. The number of aromatic amines is 1. The van der Waals surface area contributed by atoms with E-state index in [1.807, 2.05) is 11.7 Å². The lowest BCUT2D eigenvalue weighted by atomic mass is 10.1. The minimum Gasteiger partial charge on any atom is -0.358 e. The number of anilines is 1. The molecule has 0 bridgehead atoms. The normalized spacial score (nSPS) is 10.6. The van der Waals surface area contributed by atoms with Gasteiger partial charge < -0.3 is 9.71 Å². The molecule has 0 aliphatic carbocycles. The van der Waals surface area contributed by atoms with Crippen LogP contribution in [0.5, 0.6) is 0 Å². The Kier molecular flexibility index (Phi) is 3.63. The molecule has 0 atom stereocenters. The fourth-order valence-corrected chi connectivity index (χ4v) is 3.31. The van der Waals surface area contributed by atoms with Crippen molar-refractivity contribution in [2.24, 2.45) is 0 Å². The van der Waals surface area contributed by atoms with E-state index in [0.29, 0.717) is 5.56 Å². The number of nitrogens with one attached hydrogen (secondary N) is 2. The van der Waals surface area contributed by atoms with Gasteiger partial charge in [-0.05, 0) is 36.1 Å². The molecule has 2 aromatic heterocycles. The van der Waals surface area contributed by atoms with Gasteiger partial charge in [-0.3, -0.25) is 4.98 Å². The number of rotatable bonds is 4. The molecule has 2 N–H and O–H groups in total. The van der Waals surface area contributed by atoms with E-state index in [2.05, 4.69) is 39.8 Å². The fraction of sp³-hybridized carbons (Fsp3) is 0.143. The van der Waals surface area contributed by atoms with Gasteiger partial charge in [0.2, 0.25) is 0 Å². The molecule has 100 valence electrons. The third-order valence-corrected chi connectivity index (χ3v) is 4.78. The number of hydrogen-bond donors (Lipinski definition) is 2. The lowest BCUT2D eigenvalue weighted by Crippen LogP contribution is -1.90. The van der Waals surface area contributed by atoms with Gasteiger partial charge in [-0.25, -0.2) is 0 Å². The Labute approximate surface area is 125 Å². The van der Waals surface area contributed by atoms with Crippen molar-refractivity contribution in [3.05, 3.63) is 41.2 Å². The predicted octanol–water partition coefficient (Wildman–Crippen LogP) is 4.18. The number of aromatic nitrogens is 2. The maximum atomic E-state index is 9.16. The first-order chi connectivity index (χ1) is 9.81. The highest BCUT2D eigenvalue weighted by Gasteiger charge is 2.10. The Balaban J connectivity index is 2.00. The number of fused-ring (bicyclic) bond motifs is 1. The van der Waals surface area contributed by atoms with Crippen LogP contribution in [0.25, 0.3) is 10.9 Å². The fourth-order valence-electron chi connectivity index (χ4n) is 2.03. The maximum absolute atomic E-state index is 9.16. The number of benzene rings is 1. The average Bonchev–Trinajstić information content (AvgIpc) is 3.13. The van der Waals surface area contributed by atoms with E-state index in [4.69, 9.17) is 5.26 Å². The van der Waals surface area contributed by atoms with Crippen molar-refractivity contribution in [2.75, 3.05) is 4.72 Å². The number of hydrogen-bond acceptors (Lipinski definition) is 5.